The van der Waals surface area contributed by atoms with Crippen LogP contribution in [0.15, 0.2) is 0 Å². The molecule has 0 aliphatic heterocycles. The maximum absolute atomic E-state index is 2.31. The van der Waals surface area contributed by atoms with E-state index >= 15 is 0 Å². The number of halogens is 1. The standard InChI is InChI=1S/C20H43N.BrH/c1-4-7-8-9-10-11-12-13-14-15-16-17-18-19-20-21(5-2)6-3;/h4-20H2,1-3H3;1H. The summed E-state index contributed by atoms with van der Waals surface area (Å²) in [5.41, 5.74) is 0. The van der Waals surface area contributed by atoms with Gasteiger partial charge in [0.25, 0.3) is 0 Å². The fourth-order valence-corrected chi connectivity index (χ4v) is 3.17. The third kappa shape index (κ3) is 18.5. The number of hydrogen-bond acceptors (Lipinski definition) is 0. The summed E-state index contributed by atoms with van der Waals surface area (Å²) in [7, 11) is 0. The first kappa shape index (κ1) is 24.7. The molecule has 0 rings (SSSR count). The third-order valence-corrected chi connectivity index (χ3v) is 4.88. The molecule has 0 aromatic carbocycles. The molecule has 0 saturated carbocycles. The van der Waals surface area contributed by atoms with Gasteiger partial charge in [-0.05, 0) is 26.7 Å². The molecular formula is C20H44BrN. The molecule has 1 nitrogen and oxygen atoms in total. The van der Waals surface area contributed by atoms with Gasteiger partial charge in [0, 0.05) is 0 Å². The molecule has 0 aromatic rings. The van der Waals surface area contributed by atoms with Crippen LogP contribution >= 0.6 is 0 Å². The van der Waals surface area contributed by atoms with E-state index < -0.39 is 0 Å². The predicted octanol–water partition coefficient (Wildman–Crippen LogP) is 2.40. The van der Waals surface area contributed by atoms with Crippen LogP contribution in [-0.2, 0) is 0 Å². The van der Waals surface area contributed by atoms with Crippen molar-refractivity contribution in [3.8, 4) is 0 Å². The van der Waals surface area contributed by atoms with E-state index in [1.165, 1.54) is 110 Å². The highest BCUT2D eigenvalue weighted by Crippen LogP contribution is 2.12. The van der Waals surface area contributed by atoms with Crippen LogP contribution in [0.4, 0.5) is 0 Å². The molecule has 0 fully saturated rings. The average molecular weight is 378 g/mol. The van der Waals surface area contributed by atoms with E-state index in [1.54, 1.807) is 4.90 Å². The number of quaternary nitrogens is 1. The lowest BCUT2D eigenvalue weighted by Crippen LogP contribution is -3.11. The zero-order valence-electron chi connectivity index (χ0n) is 15.9. The van der Waals surface area contributed by atoms with Crippen molar-refractivity contribution in [3.05, 3.63) is 0 Å². The molecule has 2 heteroatoms. The van der Waals surface area contributed by atoms with Gasteiger partial charge in [0.15, 0.2) is 0 Å². The van der Waals surface area contributed by atoms with Gasteiger partial charge in [0.2, 0.25) is 0 Å². The predicted molar refractivity (Wildman–Crippen MR) is 97.2 cm³/mol. The molecule has 0 spiro atoms. The van der Waals surface area contributed by atoms with E-state index in [0.29, 0.717) is 0 Å². The van der Waals surface area contributed by atoms with Crippen LogP contribution in [0.3, 0.4) is 0 Å². The van der Waals surface area contributed by atoms with Crippen molar-refractivity contribution in [2.24, 2.45) is 0 Å². The van der Waals surface area contributed by atoms with Gasteiger partial charge in [-0.3, -0.25) is 0 Å². The first-order valence-corrected chi connectivity index (χ1v) is 10.2. The molecule has 0 heterocycles. The lowest BCUT2D eigenvalue weighted by atomic mass is 10.0. The lowest BCUT2D eigenvalue weighted by Gasteiger charge is -2.14. The summed E-state index contributed by atoms with van der Waals surface area (Å²) in [6.07, 6.45) is 20.5. The molecule has 0 amide bonds. The quantitative estimate of drug-likeness (QED) is 0.371. The van der Waals surface area contributed by atoms with E-state index in [9.17, 15) is 0 Å². The summed E-state index contributed by atoms with van der Waals surface area (Å²) < 4.78 is 0. The van der Waals surface area contributed by atoms with E-state index in [0.717, 1.165) is 0 Å². The molecule has 0 atom stereocenters. The van der Waals surface area contributed by atoms with Crippen molar-refractivity contribution >= 4 is 0 Å². The van der Waals surface area contributed by atoms with Crippen LogP contribution < -0.4 is 21.9 Å². The van der Waals surface area contributed by atoms with Crippen molar-refractivity contribution < 1.29 is 21.9 Å². The second kappa shape index (κ2) is 21.4. The van der Waals surface area contributed by atoms with Gasteiger partial charge in [-0.2, -0.15) is 0 Å². The highest BCUT2D eigenvalue weighted by molar-refractivity contribution is 4.49. The van der Waals surface area contributed by atoms with E-state index in [1.807, 2.05) is 0 Å². The zero-order valence-corrected chi connectivity index (χ0v) is 17.5. The summed E-state index contributed by atoms with van der Waals surface area (Å²) in [6.45, 7) is 10.9. The Morgan fingerprint density at radius 1 is 0.455 bits per heavy atom. The van der Waals surface area contributed by atoms with E-state index in [4.69, 9.17) is 0 Å². The van der Waals surface area contributed by atoms with Crippen molar-refractivity contribution in [2.45, 2.75) is 111 Å². The summed E-state index contributed by atoms with van der Waals surface area (Å²) in [5.74, 6) is 0. The lowest BCUT2D eigenvalue weighted by molar-refractivity contribution is -0.896. The van der Waals surface area contributed by atoms with Crippen LogP contribution in [0.25, 0.3) is 0 Å². The summed E-state index contributed by atoms with van der Waals surface area (Å²) in [5, 5.41) is 0. The van der Waals surface area contributed by atoms with Gasteiger partial charge in [0.1, 0.15) is 0 Å². The first-order valence-electron chi connectivity index (χ1n) is 10.2. The van der Waals surface area contributed by atoms with Crippen LogP contribution in [0, 0.1) is 0 Å². The van der Waals surface area contributed by atoms with Crippen LogP contribution in [-0.4, -0.2) is 19.6 Å². The molecule has 1 N–H and O–H groups in total. The minimum atomic E-state index is 0. The summed E-state index contributed by atoms with van der Waals surface area (Å²) >= 11 is 0. The highest BCUT2D eigenvalue weighted by Gasteiger charge is 2.01. The van der Waals surface area contributed by atoms with Gasteiger partial charge >= 0.3 is 0 Å². The Balaban J connectivity index is 0. The maximum Gasteiger partial charge on any atom is 0.0770 e. The first-order chi connectivity index (χ1) is 10.3. The topological polar surface area (TPSA) is 4.44 Å². The van der Waals surface area contributed by atoms with Gasteiger partial charge in [-0.15, -0.1) is 0 Å². The molecule has 0 unspecified atom stereocenters. The van der Waals surface area contributed by atoms with Crippen LogP contribution in [0.5, 0.6) is 0 Å². The van der Waals surface area contributed by atoms with Crippen molar-refractivity contribution in [1.82, 2.24) is 0 Å². The van der Waals surface area contributed by atoms with Crippen molar-refractivity contribution in [1.29, 1.82) is 0 Å². The van der Waals surface area contributed by atoms with Crippen LogP contribution in [0.2, 0.25) is 0 Å². The maximum atomic E-state index is 2.31. The van der Waals surface area contributed by atoms with Crippen molar-refractivity contribution in [2.75, 3.05) is 19.6 Å². The molecular weight excluding hydrogens is 334 g/mol. The van der Waals surface area contributed by atoms with Crippen molar-refractivity contribution in [3.63, 3.8) is 0 Å². The van der Waals surface area contributed by atoms with E-state index in [2.05, 4.69) is 20.8 Å². The number of hydrogen-bond donors (Lipinski definition) is 1. The molecule has 0 bridgehead atoms. The smallest absolute Gasteiger partial charge is 0.0770 e. The minimum Gasteiger partial charge on any atom is -1.00 e. The van der Waals surface area contributed by atoms with Gasteiger partial charge < -0.3 is 21.9 Å². The minimum absolute atomic E-state index is 0. The Morgan fingerprint density at radius 2 is 0.773 bits per heavy atom. The SMILES string of the molecule is CCCCCCCCCCCCCCCC[NH+](CC)CC.[Br-]. The molecule has 136 valence electrons. The number of unbranched alkanes of at least 4 members (excludes halogenated alkanes) is 13. The molecule has 0 aliphatic carbocycles. The fourth-order valence-electron chi connectivity index (χ4n) is 3.17. The van der Waals surface area contributed by atoms with Crippen LogP contribution in [0.1, 0.15) is 111 Å². The molecule has 0 radical (unpaired) electrons. The number of nitrogens with one attached hydrogen (secondary N) is 1. The largest absolute Gasteiger partial charge is 1.00 e. The number of rotatable bonds is 17. The highest BCUT2D eigenvalue weighted by atomic mass is 79.9. The molecule has 0 aliphatic rings. The Labute approximate surface area is 152 Å². The summed E-state index contributed by atoms with van der Waals surface area (Å²) in [6, 6.07) is 0. The second-order valence-electron chi connectivity index (χ2n) is 6.80. The second-order valence-corrected chi connectivity index (χ2v) is 6.80. The molecule has 22 heavy (non-hydrogen) atoms. The van der Waals surface area contributed by atoms with Gasteiger partial charge in [-0.25, -0.2) is 0 Å². The average Bonchev–Trinajstić information content (AvgIpc) is 2.51. The fraction of sp³-hybridized carbons (Fsp3) is 1.00. The van der Waals surface area contributed by atoms with Gasteiger partial charge in [-0.1, -0.05) is 84.0 Å². The monoisotopic (exact) mass is 377 g/mol. The zero-order chi connectivity index (χ0) is 15.6. The Kier molecular flexibility index (Phi) is 24.1. The molecule has 0 saturated heterocycles. The van der Waals surface area contributed by atoms with Gasteiger partial charge in [0.05, 0.1) is 19.6 Å². The van der Waals surface area contributed by atoms with E-state index in [-0.39, 0.29) is 17.0 Å². The summed E-state index contributed by atoms with van der Waals surface area (Å²) in [4.78, 5) is 1.77. The Bertz CT molecular complexity index is 181. The third-order valence-electron chi connectivity index (χ3n) is 4.88. The normalized spacial score (nSPS) is 10.9. The molecule has 0 aromatic heterocycles. The Hall–Kier alpha value is 0.440. The Morgan fingerprint density at radius 3 is 1.09 bits per heavy atom.